The van der Waals surface area contributed by atoms with E-state index in [4.69, 9.17) is 5.11 Å². The summed E-state index contributed by atoms with van der Waals surface area (Å²) in [5.41, 5.74) is -0.498. The van der Waals surface area contributed by atoms with Gasteiger partial charge in [0.05, 0.1) is 19.1 Å². The van der Waals surface area contributed by atoms with Gasteiger partial charge < -0.3 is 15.2 Å². The molecule has 7 heteroatoms. The summed E-state index contributed by atoms with van der Waals surface area (Å²) in [5.74, 6) is -3.51. The van der Waals surface area contributed by atoms with E-state index in [1.165, 1.54) is 6.92 Å². The molecule has 0 unspecified atom stereocenters. The van der Waals surface area contributed by atoms with Crippen LogP contribution in [-0.2, 0) is 23.9 Å². The normalized spacial score (nSPS) is 10.7. The van der Waals surface area contributed by atoms with E-state index in [0.29, 0.717) is 12.5 Å². The van der Waals surface area contributed by atoms with Crippen molar-refractivity contribution in [2.45, 2.75) is 26.7 Å². The van der Waals surface area contributed by atoms with Gasteiger partial charge in [0.1, 0.15) is 11.5 Å². The number of ketones is 1. The lowest BCUT2D eigenvalue weighted by Crippen LogP contribution is -2.30. The summed E-state index contributed by atoms with van der Waals surface area (Å²) >= 11 is 0. The molecule has 1 amide bonds. The van der Waals surface area contributed by atoms with Gasteiger partial charge in [0.25, 0.3) is 0 Å². The van der Waals surface area contributed by atoms with E-state index in [-0.39, 0.29) is 6.61 Å². The zero-order chi connectivity index (χ0) is 14.1. The fourth-order valence-corrected chi connectivity index (χ4v) is 0.963. The van der Waals surface area contributed by atoms with Crippen molar-refractivity contribution in [1.82, 2.24) is 5.32 Å². The van der Waals surface area contributed by atoms with E-state index >= 15 is 0 Å². The molecule has 0 heterocycles. The van der Waals surface area contributed by atoms with Gasteiger partial charge >= 0.3 is 11.9 Å². The predicted octanol–water partition coefficient (Wildman–Crippen LogP) is 0.00340. The summed E-state index contributed by atoms with van der Waals surface area (Å²) in [6.07, 6.45) is 0.654. The molecule has 0 fully saturated rings. The zero-order valence-corrected chi connectivity index (χ0v) is 10.2. The molecule has 18 heavy (non-hydrogen) atoms. The van der Waals surface area contributed by atoms with Crippen LogP contribution in [0.2, 0.25) is 0 Å². The molecule has 0 rings (SSSR count). The fourth-order valence-electron chi connectivity index (χ4n) is 0.963. The number of carboxylic acids is 1. The Kier molecular flexibility index (Phi) is 7.02. The van der Waals surface area contributed by atoms with Gasteiger partial charge in [-0.1, -0.05) is 6.92 Å². The predicted molar refractivity (Wildman–Crippen MR) is 60.4 cm³/mol. The van der Waals surface area contributed by atoms with Crippen LogP contribution in [0.5, 0.6) is 0 Å². The van der Waals surface area contributed by atoms with E-state index < -0.39 is 35.7 Å². The SMILES string of the molecule is CCCOC(=O)/C(=C/C(=O)O)NC(=O)CC(C)=O. The minimum atomic E-state index is -1.40. The Hall–Kier alpha value is -2.18. The number of hydrogen-bond donors (Lipinski definition) is 2. The number of carbonyl (C=O) groups excluding carboxylic acids is 3. The number of nitrogens with one attached hydrogen (secondary N) is 1. The second-order valence-corrected chi connectivity index (χ2v) is 3.46. The van der Waals surface area contributed by atoms with Crippen LogP contribution in [0.4, 0.5) is 0 Å². The van der Waals surface area contributed by atoms with Gasteiger partial charge in [-0.15, -0.1) is 0 Å². The highest BCUT2D eigenvalue weighted by Crippen LogP contribution is 1.97. The van der Waals surface area contributed by atoms with Crippen LogP contribution in [0.1, 0.15) is 26.7 Å². The summed E-state index contributed by atoms with van der Waals surface area (Å²) in [5, 5.41) is 10.6. The van der Waals surface area contributed by atoms with Gasteiger partial charge in [0.15, 0.2) is 0 Å². The maximum Gasteiger partial charge on any atom is 0.355 e. The fraction of sp³-hybridized carbons (Fsp3) is 0.455. The van der Waals surface area contributed by atoms with E-state index in [9.17, 15) is 19.2 Å². The Balaban J connectivity index is 4.70. The lowest BCUT2D eigenvalue weighted by atomic mass is 10.3. The number of aliphatic carboxylic acids is 1. The molecule has 0 aromatic rings. The van der Waals surface area contributed by atoms with E-state index in [1.807, 2.05) is 5.32 Å². The van der Waals surface area contributed by atoms with Gasteiger partial charge in [-0.25, -0.2) is 9.59 Å². The van der Waals surface area contributed by atoms with Gasteiger partial charge in [0, 0.05) is 0 Å². The highest BCUT2D eigenvalue weighted by Gasteiger charge is 2.16. The second kappa shape index (κ2) is 7.99. The molecule has 2 N–H and O–H groups in total. The van der Waals surface area contributed by atoms with Crippen molar-refractivity contribution in [3.8, 4) is 0 Å². The number of carbonyl (C=O) groups is 4. The highest BCUT2D eigenvalue weighted by atomic mass is 16.5. The first kappa shape index (κ1) is 15.8. The standard InChI is InChI=1S/C11H15NO6/c1-3-4-18-11(17)8(6-10(15)16)12-9(14)5-7(2)13/h6H,3-5H2,1-2H3,(H,12,14)(H,15,16)/b8-6-. The molecular weight excluding hydrogens is 242 g/mol. The molecule has 0 bridgehead atoms. The Morgan fingerprint density at radius 3 is 2.33 bits per heavy atom. The van der Waals surface area contributed by atoms with E-state index in [0.717, 1.165) is 0 Å². The summed E-state index contributed by atoms with van der Waals surface area (Å²) in [4.78, 5) is 43.8. The largest absolute Gasteiger partial charge is 0.478 e. The van der Waals surface area contributed by atoms with Crippen molar-refractivity contribution >= 4 is 23.6 Å². The van der Waals surface area contributed by atoms with Gasteiger partial charge in [-0.3, -0.25) is 9.59 Å². The summed E-state index contributed by atoms with van der Waals surface area (Å²) in [6.45, 7) is 3.08. The molecule has 0 aromatic carbocycles. The monoisotopic (exact) mass is 257 g/mol. The average Bonchev–Trinajstić information content (AvgIpc) is 2.23. The number of amides is 1. The Labute approximate surface area is 104 Å². The molecule has 0 radical (unpaired) electrons. The van der Waals surface area contributed by atoms with Crippen LogP contribution in [0.3, 0.4) is 0 Å². The number of rotatable bonds is 7. The zero-order valence-electron chi connectivity index (χ0n) is 10.2. The molecule has 100 valence electrons. The van der Waals surface area contributed by atoms with E-state index in [1.54, 1.807) is 6.92 Å². The maximum absolute atomic E-state index is 11.4. The smallest absolute Gasteiger partial charge is 0.355 e. The summed E-state index contributed by atoms with van der Waals surface area (Å²) < 4.78 is 4.69. The third-order valence-corrected chi connectivity index (χ3v) is 1.61. The number of carboxylic acid groups (broad SMARTS) is 1. The number of esters is 1. The van der Waals surface area contributed by atoms with Crippen LogP contribution < -0.4 is 5.32 Å². The first-order valence-corrected chi connectivity index (χ1v) is 5.27. The average molecular weight is 257 g/mol. The molecule has 0 aliphatic heterocycles. The molecule has 0 saturated heterocycles. The molecule has 0 atom stereocenters. The molecular formula is C11H15NO6. The Bertz CT molecular complexity index is 385. The van der Waals surface area contributed by atoms with Gasteiger partial charge in [-0.05, 0) is 13.3 Å². The van der Waals surface area contributed by atoms with Crippen LogP contribution in [-0.4, -0.2) is 35.3 Å². The van der Waals surface area contributed by atoms with Crippen molar-refractivity contribution in [3.63, 3.8) is 0 Å². The van der Waals surface area contributed by atoms with Crippen molar-refractivity contribution in [2.75, 3.05) is 6.61 Å². The quantitative estimate of drug-likeness (QED) is 0.377. The summed E-state index contributed by atoms with van der Waals surface area (Å²) in [7, 11) is 0. The lowest BCUT2D eigenvalue weighted by molar-refractivity contribution is -0.141. The lowest BCUT2D eigenvalue weighted by Gasteiger charge is -2.08. The Morgan fingerprint density at radius 2 is 1.89 bits per heavy atom. The van der Waals surface area contributed by atoms with Crippen LogP contribution in [0.15, 0.2) is 11.8 Å². The van der Waals surface area contributed by atoms with Crippen LogP contribution in [0.25, 0.3) is 0 Å². The topological polar surface area (TPSA) is 110 Å². The summed E-state index contributed by atoms with van der Waals surface area (Å²) in [6, 6.07) is 0. The van der Waals surface area contributed by atoms with Crippen molar-refractivity contribution < 1.29 is 29.0 Å². The third-order valence-electron chi connectivity index (χ3n) is 1.61. The molecule has 0 aromatic heterocycles. The van der Waals surface area contributed by atoms with Gasteiger partial charge in [0.2, 0.25) is 5.91 Å². The molecule has 7 nitrogen and oxygen atoms in total. The van der Waals surface area contributed by atoms with E-state index in [2.05, 4.69) is 4.74 Å². The second-order valence-electron chi connectivity index (χ2n) is 3.46. The van der Waals surface area contributed by atoms with Crippen LogP contribution in [0, 0.1) is 0 Å². The van der Waals surface area contributed by atoms with Crippen LogP contribution >= 0.6 is 0 Å². The minimum Gasteiger partial charge on any atom is -0.478 e. The molecule has 0 saturated carbocycles. The van der Waals surface area contributed by atoms with Crippen molar-refractivity contribution in [1.29, 1.82) is 0 Å². The number of hydrogen-bond acceptors (Lipinski definition) is 5. The van der Waals surface area contributed by atoms with Crippen molar-refractivity contribution in [2.24, 2.45) is 0 Å². The molecule has 0 aliphatic carbocycles. The number of Topliss-reactive ketones (excluding diaryl/α,β-unsaturated/α-hetero) is 1. The first-order valence-electron chi connectivity index (χ1n) is 5.27. The maximum atomic E-state index is 11.4. The van der Waals surface area contributed by atoms with Gasteiger partial charge in [-0.2, -0.15) is 0 Å². The van der Waals surface area contributed by atoms with Crippen molar-refractivity contribution in [3.05, 3.63) is 11.8 Å². The Morgan fingerprint density at radius 1 is 1.28 bits per heavy atom. The first-order chi connectivity index (χ1) is 8.36. The minimum absolute atomic E-state index is 0.109. The molecule has 0 aliphatic rings. The highest BCUT2D eigenvalue weighted by molar-refractivity contribution is 6.03. The number of ether oxygens (including phenoxy) is 1. The molecule has 0 spiro atoms. The third kappa shape index (κ3) is 7.15.